The smallest absolute Gasteiger partial charge is 0.0169 e. The van der Waals surface area contributed by atoms with Crippen molar-refractivity contribution in [2.75, 3.05) is 19.6 Å². The first-order valence-electron chi connectivity index (χ1n) is 6.06. The molecule has 14 heavy (non-hydrogen) atoms. The molecule has 0 aromatic heterocycles. The summed E-state index contributed by atoms with van der Waals surface area (Å²) in [5.41, 5.74) is 0. The molecule has 0 bridgehead atoms. The Kier molecular flexibility index (Phi) is 4.90. The number of nitrogens with zero attached hydrogens (tertiary/aromatic N) is 1. The monoisotopic (exact) mass is 198 g/mol. The standard InChI is InChI=1S/C12H26N2/c1-10(2)6-5-7-14-8-11(3)13-12(4)9-14/h10-13H,5-9H2,1-4H3/t11-,12+. The fourth-order valence-corrected chi connectivity index (χ4v) is 2.35. The van der Waals surface area contributed by atoms with Gasteiger partial charge in [0.25, 0.3) is 0 Å². The Morgan fingerprint density at radius 2 is 1.79 bits per heavy atom. The lowest BCUT2D eigenvalue weighted by Crippen LogP contribution is -2.54. The average molecular weight is 198 g/mol. The highest BCUT2D eigenvalue weighted by Crippen LogP contribution is 2.08. The normalized spacial score (nSPS) is 29.8. The van der Waals surface area contributed by atoms with Gasteiger partial charge in [0.2, 0.25) is 0 Å². The molecule has 0 radical (unpaired) electrons. The molecule has 1 aliphatic heterocycles. The molecule has 1 fully saturated rings. The van der Waals surface area contributed by atoms with Gasteiger partial charge >= 0.3 is 0 Å². The van der Waals surface area contributed by atoms with E-state index >= 15 is 0 Å². The second-order valence-electron chi connectivity index (χ2n) is 5.26. The molecule has 1 rings (SSSR count). The van der Waals surface area contributed by atoms with Crippen molar-refractivity contribution in [3.05, 3.63) is 0 Å². The summed E-state index contributed by atoms with van der Waals surface area (Å²) in [4.78, 5) is 2.61. The summed E-state index contributed by atoms with van der Waals surface area (Å²) >= 11 is 0. The van der Waals surface area contributed by atoms with E-state index in [9.17, 15) is 0 Å². The van der Waals surface area contributed by atoms with Gasteiger partial charge in [0, 0.05) is 25.2 Å². The van der Waals surface area contributed by atoms with Crippen LogP contribution in [0.2, 0.25) is 0 Å². The Bertz CT molecular complexity index is 146. The van der Waals surface area contributed by atoms with E-state index in [2.05, 4.69) is 37.9 Å². The van der Waals surface area contributed by atoms with Crippen molar-refractivity contribution in [3.8, 4) is 0 Å². The van der Waals surface area contributed by atoms with Crippen LogP contribution >= 0.6 is 0 Å². The van der Waals surface area contributed by atoms with E-state index < -0.39 is 0 Å². The molecular formula is C12H26N2. The maximum Gasteiger partial charge on any atom is 0.0169 e. The molecule has 1 saturated heterocycles. The van der Waals surface area contributed by atoms with Gasteiger partial charge in [0.1, 0.15) is 0 Å². The summed E-state index contributed by atoms with van der Waals surface area (Å²) in [5.74, 6) is 0.854. The van der Waals surface area contributed by atoms with Crippen LogP contribution in [0.3, 0.4) is 0 Å². The molecule has 0 unspecified atom stereocenters. The summed E-state index contributed by atoms with van der Waals surface area (Å²) in [6.07, 6.45) is 2.73. The first-order valence-corrected chi connectivity index (χ1v) is 6.06. The first kappa shape index (κ1) is 12.0. The zero-order valence-electron chi connectivity index (χ0n) is 10.2. The van der Waals surface area contributed by atoms with E-state index in [1.807, 2.05) is 0 Å². The molecule has 0 aliphatic carbocycles. The van der Waals surface area contributed by atoms with E-state index in [1.165, 1.54) is 32.5 Å². The molecule has 2 heteroatoms. The van der Waals surface area contributed by atoms with Gasteiger partial charge in [-0.2, -0.15) is 0 Å². The highest BCUT2D eigenvalue weighted by atomic mass is 15.2. The van der Waals surface area contributed by atoms with Gasteiger partial charge in [-0.3, -0.25) is 0 Å². The van der Waals surface area contributed by atoms with Crippen LogP contribution in [-0.2, 0) is 0 Å². The van der Waals surface area contributed by atoms with Crippen molar-refractivity contribution in [2.45, 2.75) is 52.6 Å². The summed E-state index contributed by atoms with van der Waals surface area (Å²) < 4.78 is 0. The van der Waals surface area contributed by atoms with Crippen molar-refractivity contribution < 1.29 is 0 Å². The molecule has 2 nitrogen and oxygen atoms in total. The number of hydrogen-bond acceptors (Lipinski definition) is 2. The van der Waals surface area contributed by atoms with Crippen molar-refractivity contribution in [1.82, 2.24) is 10.2 Å². The lowest BCUT2D eigenvalue weighted by Gasteiger charge is -2.36. The quantitative estimate of drug-likeness (QED) is 0.744. The van der Waals surface area contributed by atoms with Crippen LogP contribution in [0, 0.1) is 5.92 Å². The van der Waals surface area contributed by atoms with Crippen molar-refractivity contribution in [3.63, 3.8) is 0 Å². The van der Waals surface area contributed by atoms with Gasteiger partial charge in [-0.15, -0.1) is 0 Å². The van der Waals surface area contributed by atoms with Crippen LogP contribution in [0.15, 0.2) is 0 Å². The second-order valence-corrected chi connectivity index (χ2v) is 5.26. The van der Waals surface area contributed by atoms with Crippen LogP contribution in [0.1, 0.15) is 40.5 Å². The molecule has 0 aromatic carbocycles. The summed E-state index contributed by atoms with van der Waals surface area (Å²) in [6.45, 7) is 12.9. The molecule has 1 heterocycles. The minimum Gasteiger partial charge on any atom is -0.309 e. The fourth-order valence-electron chi connectivity index (χ4n) is 2.35. The van der Waals surface area contributed by atoms with Crippen LogP contribution < -0.4 is 5.32 Å². The topological polar surface area (TPSA) is 15.3 Å². The Balaban J connectivity index is 2.17. The maximum atomic E-state index is 3.57. The zero-order valence-corrected chi connectivity index (χ0v) is 10.2. The Morgan fingerprint density at radius 1 is 1.21 bits per heavy atom. The SMILES string of the molecule is CC(C)CCCN1C[C@@H](C)N[C@@H](C)C1. The van der Waals surface area contributed by atoms with E-state index in [0.717, 1.165) is 5.92 Å². The molecule has 1 aliphatic rings. The molecule has 1 N–H and O–H groups in total. The van der Waals surface area contributed by atoms with Crippen molar-refractivity contribution in [2.24, 2.45) is 5.92 Å². The zero-order chi connectivity index (χ0) is 10.6. The molecule has 0 spiro atoms. The largest absolute Gasteiger partial charge is 0.309 e. The Labute approximate surface area is 89.1 Å². The molecule has 0 amide bonds. The fraction of sp³-hybridized carbons (Fsp3) is 1.00. The molecular weight excluding hydrogens is 172 g/mol. The van der Waals surface area contributed by atoms with Gasteiger partial charge in [-0.25, -0.2) is 0 Å². The Morgan fingerprint density at radius 3 is 2.29 bits per heavy atom. The minimum atomic E-state index is 0.665. The van der Waals surface area contributed by atoms with Crippen LogP contribution in [0.5, 0.6) is 0 Å². The number of piperazine rings is 1. The van der Waals surface area contributed by atoms with E-state index in [4.69, 9.17) is 0 Å². The van der Waals surface area contributed by atoms with Crippen LogP contribution in [0.25, 0.3) is 0 Å². The van der Waals surface area contributed by atoms with Crippen LogP contribution in [-0.4, -0.2) is 36.6 Å². The first-order chi connectivity index (χ1) is 6.58. The highest BCUT2D eigenvalue weighted by molar-refractivity contribution is 4.80. The van der Waals surface area contributed by atoms with Crippen molar-refractivity contribution in [1.29, 1.82) is 0 Å². The van der Waals surface area contributed by atoms with E-state index in [-0.39, 0.29) is 0 Å². The lowest BCUT2D eigenvalue weighted by molar-refractivity contribution is 0.169. The average Bonchev–Trinajstić information content (AvgIpc) is 2.01. The highest BCUT2D eigenvalue weighted by Gasteiger charge is 2.19. The Hall–Kier alpha value is -0.0800. The van der Waals surface area contributed by atoms with Gasteiger partial charge in [-0.1, -0.05) is 13.8 Å². The third kappa shape index (κ3) is 4.43. The van der Waals surface area contributed by atoms with Gasteiger partial charge in [-0.05, 0) is 39.2 Å². The summed E-state index contributed by atoms with van der Waals surface area (Å²) in [5, 5.41) is 3.57. The van der Waals surface area contributed by atoms with Gasteiger partial charge in [0.05, 0.1) is 0 Å². The molecule has 0 aromatic rings. The lowest BCUT2D eigenvalue weighted by atomic mass is 10.1. The third-order valence-electron chi connectivity index (χ3n) is 2.89. The molecule has 0 saturated carbocycles. The second kappa shape index (κ2) is 5.72. The number of nitrogens with one attached hydrogen (secondary N) is 1. The predicted molar refractivity (Wildman–Crippen MR) is 62.6 cm³/mol. The van der Waals surface area contributed by atoms with Gasteiger partial charge in [0.15, 0.2) is 0 Å². The van der Waals surface area contributed by atoms with E-state index in [1.54, 1.807) is 0 Å². The summed E-state index contributed by atoms with van der Waals surface area (Å²) in [7, 11) is 0. The maximum absolute atomic E-state index is 3.57. The van der Waals surface area contributed by atoms with E-state index in [0.29, 0.717) is 12.1 Å². The number of hydrogen-bond donors (Lipinski definition) is 1. The minimum absolute atomic E-state index is 0.665. The van der Waals surface area contributed by atoms with Gasteiger partial charge < -0.3 is 10.2 Å². The van der Waals surface area contributed by atoms with Crippen molar-refractivity contribution >= 4 is 0 Å². The number of rotatable bonds is 4. The predicted octanol–water partition coefficient (Wildman–Crippen LogP) is 2.10. The molecule has 2 atom stereocenters. The van der Waals surface area contributed by atoms with Crippen LogP contribution in [0.4, 0.5) is 0 Å². The molecule has 84 valence electrons. The third-order valence-corrected chi connectivity index (χ3v) is 2.89. The summed E-state index contributed by atoms with van der Waals surface area (Å²) in [6, 6.07) is 1.33.